The zero-order valence-corrected chi connectivity index (χ0v) is 19.4. The number of Topliss-reactive ketones (excluding diaryl/α,β-unsaturated/α-hetero) is 1. The molecule has 30 heavy (non-hydrogen) atoms. The first-order chi connectivity index (χ1) is 14.1. The molecule has 10 heteroatoms. The molecule has 0 aliphatic heterocycles. The fraction of sp³-hybridized carbons (Fsp3) is 0.400. The Morgan fingerprint density at radius 1 is 1.27 bits per heavy atom. The molecular weight excluding hydrogens is 494 g/mol. The lowest BCUT2D eigenvalue weighted by atomic mass is 9.80. The Bertz CT molecular complexity index is 1050. The summed E-state index contributed by atoms with van der Waals surface area (Å²) >= 11 is 9.42. The van der Waals surface area contributed by atoms with E-state index in [1.165, 1.54) is 24.5 Å². The Labute approximate surface area is 188 Å². The van der Waals surface area contributed by atoms with Crippen LogP contribution in [0.15, 0.2) is 40.1 Å². The minimum Gasteiger partial charge on any atom is -0.309 e. The number of sulfone groups is 1. The minimum atomic E-state index is -3.47. The molecule has 0 saturated heterocycles. The summed E-state index contributed by atoms with van der Waals surface area (Å²) in [6.07, 6.45) is 7.04. The number of carbonyl (C=O) groups is 2. The van der Waals surface area contributed by atoms with Crippen LogP contribution < -0.4 is 5.32 Å². The van der Waals surface area contributed by atoms with Crippen molar-refractivity contribution in [1.29, 1.82) is 0 Å². The van der Waals surface area contributed by atoms with Gasteiger partial charge in [-0.2, -0.15) is 0 Å². The van der Waals surface area contributed by atoms with Gasteiger partial charge in [-0.1, -0.05) is 17.7 Å². The molecule has 7 nitrogen and oxygen atoms in total. The second-order valence-corrected chi connectivity index (χ2v) is 10.6. The third-order valence-corrected chi connectivity index (χ3v) is 7.17. The van der Waals surface area contributed by atoms with Crippen molar-refractivity contribution in [2.75, 3.05) is 11.6 Å². The molecule has 1 saturated carbocycles. The number of rotatable bonds is 6. The van der Waals surface area contributed by atoms with E-state index in [9.17, 15) is 18.0 Å². The van der Waals surface area contributed by atoms with E-state index < -0.39 is 15.8 Å². The maximum absolute atomic E-state index is 13.1. The number of hydrogen-bond donors (Lipinski definition) is 1. The lowest BCUT2D eigenvalue weighted by Crippen LogP contribution is -2.26. The highest BCUT2D eigenvalue weighted by atomic mass is 79.9. The van der Waals surface area contributed by atoms with Crippen molar-refractivity contribution in [2.24, 2.45) is 5.92 Å². The van der Waals surface area contributed by atoms with E-state index in [2.05, 4.69) is 31.2 Å². The number of amides is 1. The number of nitrogens with one attached hydrogen (secondary N) is 1. The van der Waals surface area contributed by atoms with Gasteiger partial charge in [-0.15, -0.1) is 0 Å². The predicted molar refractivity (Wildman–Crippen MR) is 117 cm³/mol. The first-order valence-electron chi connectivity index (χ1n) is 9.43. The van der Waals surface area contributed by atoms with Gasteiger partial charge in [0.1, 0.15) is 10.4 Å². The van der Waals surface area contributed by atoms with Crippen molar-refractivity contribution in [1.82, 2.24) is 9.97 Å². The van der Waals surface area contributed by atoms with Crippen LogP contribution in [0.2, 0.25) is 5.02 Å². The fourth-order valence-corrected chi connectivity index (χ4v) is 5.13. The summed E-state index contributed by atoms with van der Waals surface area (Å²) in [5, 5.41) is 2.85. The van der Waals surface area contributed by atoms with E-state index in [1.807, 2.05) is 0 Å². The molecule has 0 radical (unpaired) electrons. The molecule has 1 amide bonds. The Morgan fingerprint density at radius 3 is 2.53 bits per heavy atom. The minimum absolute atomic E-state index is 0.0223. The lowest BCUT2D eigenvalue weighted by Gasteiger charge is -2.26. The molecule has 0 spiro atoms. The monoisotopic (exact) mass is 513 g/mol. The highest BCUT2D eigenvalue weighted by Crippen LogP contribution is 2.35. The molecule has 160 valence electrons. The molecule has 0 bridgehead atoms. The summed E-state index contributed by atoms with van der Waals surface area (Å²) in [6.45, 7) is 0. The van der Waals surface area contributed by atoms with Crippen LogP contribution in [0.25, 0.3) is 0 Å². The number of ketones is 1. The van der Waals surface area contributed by atoms with E-state index in [4.69, 9.17) is 11.6 Å². The van der Waals surface area contributed by atoms with Crippen LogP contribution >= 0.6 is 27.5 Å². The van der Waals surface area contributed by atoms with Crippen molar-refractivity contribution in [3.63, 3.8) is 0 Å². The van der Waals surface area contributed by atoms with Crippen molar-refractivity contribution in [3.05, 3.63) is 45.8 Å². The highest BCUT2D eigenvalue weighted by Gasteiger charge is 2.29. The third kappa shape index (κ3) is 5.86. The van der Waals surface area contributed by atoms with Crippen LogP contribution in [-0.4, -0.2) is 36.3 Å². The average molecular weight is 515 g/mol. The molecule has 2 aromatic rings. The molecule has 1 aliphatic rings. The first-order valence-corrected chi connectivity index (χ1v) is 12.5. The van der Waals surface area contributed by atoms with Crippen LogP contribution in [0.3, 0.4) is 0 Å². The summed E-state index contributed by atoms with van der Waals surface area (Å²) < 4.78 is 24.3. The Hall–Kier alpha value is -1.84. The summed E-state index contributed by atoms with van der Waals surface area (Å²) in [6, 6.07) is 4.58. The van der Waals surface area contributed by atoms with Crippen LogP contribution in [-0.2, 0) is 19.4 Å². The standard InChI is InChI=1S/C20H21BrClN3O4S/c1-30(28,29)17-7-4-13(9-16(17)22)15(8-12-2-5-14(26)6-3-12)20(27)25-19-11-23-18(21)10-24-19/h4,7,9-12,15H,2-3,5-6,8H2,1H3,(H,24,25,27)/t15-/m1/s1. The van der Waals surface area contributed by atoms with Crippen LogP contribution in [0, 0.1) is 5.92 Å². The van der Waals surface area contributed by atoms with Gasteiger partial charge in [-0.25, -0.2) is 18.4 Å². The van der Waals surface area contributed by atoms with E-state index in [-0.39, 0.29) is 27.5 Å². The van der Waals surface area contributed by atoms with Gasteiger partial charge in [0.05, 0.1) is 28.2 Å². The molecule has 1 heterocycles. The molecule has 1 aliphatic carbocycles. The van der Waals surface area contributed by atoms with Crippen molar-refractivity contribution in [2.45, 2.75) is 42.9 Å². The van der Waals surface area contributed by atoms with Crippen molar-refractivity contribution in [3.8, 4) is 0 Å². The maximum atomic E-state index is 13.1. The van der Waals surface area contributed by atoms with Crippen molar-refractivity contribution >= 4 is 54.9 Å². The average Bonchev–Trinajstić information content (AvgIpc) is 2.68. The van der Waals surface area contributed by atoms with Gasteiger partial charge < -0.3 is 5.32 Å². The molecule has 1 atom stereocenters. The second kappa shape index (κ2) is 9.53. The predicted octanol–water partition coefficient (Wildman–Crippen LogP) is 4.17. The number of aromatic nitrogens is 2. The number of hydrogen-bond acceptors (Lipinski definition) is 6. The molecular formula is C20H21BrClN3O4S. The molecule has 1 fully saturated rings. The summed E-state index contributed by atoms with van der Waals surface area (Å²) in [5.74, 6) is -0.0851. The van der Waals surface area contributed by atoms with Gasteiger partial charge in [0.15, 0.2) is 15.7 Å². The Kier molecular flexibility index (Phi) is 7.26. The number of nitrogens with zero attached hydrogens (tertiary/aromatic N) is 2. The lowest BCUT2D eigenvalue weighted by molar-refractivity contribution is -0.121. The largest absolute Gasteiger partial charge is 0.309 e. The number of carbonyl (C=O) groups excluding carboxylic acids is 2. The van der Waals surface area contributed by atoms with Crippen molar-refractivity contribution < 1.29 is 18.0 Å². The van der Waals surface area contributed by atoms with Gasteiger partial charge >= 0.3 is 0 Å². The van der Waals surface area contributed by atoms with Gasteiger partial charge in [0, 0.05) is 19.1 Å². The van der Waals surface area contributed by atoms with Crippen LogP contribution in [0.1, 0.15) is 43.6 Å². The quantitative estimate of drug-likeness (QED) is 0.620. The van der Waals surface area contributed by atoms with Gasteiger partial charge in [0.25, 0.3) is 0 Å². The van der Waals surface area contributed by atoms with Crippen LogP contribution in [0.4, 0.5) is 5.82 Å². The zero-order chi connectivity index (χ0) is 21.9. The number of benzene rings is 1. The smallest absolute Gasteiger partial charge is 0.233 e. The first kappa shape index (κ1) is 22.8. The number of anilines is 1. The molecule has 1 aromatic heterocycles. The van der Waals surface area contributed by atoms with E-state index in [1.54, 1.807) is 6.07 Å². The topological polar surface area (TPSA) is 106 Å². The third-order valence-electron chi connectivity index (χ3n) is 5.18. The van der Waals surface area contributed by atoms with E-state index >= 15 is 0 Å². The summed E-state index contributed by atoms with van der Waals surface area (Å²) in [4.78, 5) is 32.9. The Balaban J connectivity index is 1.88. The van der Waals surface area contributed by atoms with Gasteiger partial charge in [-0.05, 0) is 58.8 Å². The number of halogens is 2. The molecule has 3 rings (SSSR count). The highest BCUT2D eigenvalue weighted by molar-refractivity contribution is 9.10. The zero-order valence-electron chi connectivity index (χ0n) is 16.3. The summed E-state index contributed by atoms with van der Waals surface area (Å²) in [7, 11) is -3.47. The van der Waals surface area contributed by atoms with Gasteiger partial charge in [0.2, 0.25) is 5.91 Å². The molecule has 1 aromatic carbocycles. The molecule has 0 unspecified atom stereocenters. The van der Waals surface area contributed by atoms with Crippen LogP contribution in [0.5, 0.6) is 0 Å². The van der Waals surface area contributed by atoms with Gasteiger partial charge in [-0.3, -0.25) is 9.59 Å². The molecule has 1 N–H and O–H groups in total. The normalized spacial score (nSPS) is 16.3. The van der Waals surface area contributed by atoms with E-state index in [0.29, 0.717) is 35.2 Å². The summed E-state index contributed by atoms with van der Waals surface area (Å²) in [5.41, 5.74) is 0.617. The maximum Gasteiger partial charge on any atom is 0.233 e. The second-order valence-electron chi connectivity index (χ2n) is 7.45. The Morgan fingerprint density at radius 2 is 1.97 bits per heavy atom. The SMILES string of the molecule is CS(=O)(=O)c1ccc([C@@H](CC2CCC(=O)CC2)C(=O)Nc2cnc(Br)cn2)cc1Cl. The van der Waals surface area contributed by atoms with E-state index in [0.717, 1.165) is 19.1 Å². The fourth-order valence-electron chi connectivity index (χ4n) is 3.59.